The first-order valence-electron chi connectivity index (χ1n) is 9.10. The topological polar surface area (TPSA) is 72.2 Å². The molecule has 4 aromatic rings. The average molecular weight is 390 g/mol. The van der Waals surface area contributed by atoms with Gasteiger partial charge in [-0.25, -0.2) is 9.82 Å². The van der Waals surface area contributed by atoms with Crippen LogP contribution in [0.5, 0.6) is 5.75 Å². The van der Waals surface area contributed by atoms with Gasteiger partial charge in [0.25, 0.3) is 5.89 Å². The fraction of sp³-hybridized carbons (Fsp3) is 0.0909. The first-order chi connectivity index (χ1) is 14.3. The fourth-order valence-corrected chi connectivity index (χ4v) is 2.65. The number of halogens is 1. The summed E-state index contributed by atoms with van der Waals surface area (Å²) in [6, 6.07) is 23.5. The van der Waals surface area contributed by atoms with Crippen molar-refractivity contribution < 1.29 is 13.7 Å². The molecule has 7 heteroatoms. The van der Waals surface area contributed by atoms with E-state index in [0.29, 0.717) is 24.0 Å². The maximum atomic E-state index is 12.9. The van der Waals surface area contributed by atoms with Gasteiger partial charge in [0.05, 0.1) is 0 Å². The fourth-order valence-electron chi connectivity index (χ4n) is 2.65. The number of hydrogen-bond acceptors (Lipinski definition) is 6. The first kappa shape index (κ1) is 18.6. The summed E-state index contributed by atoms with van der Waals surface area (Å²) in [5.74, 6) is 1.06. The molecule has 0 amide bonds. The summed E-state index contributed by atoms with van der Waals surface area (Å²) < 4.78 is 23.7. The molecule has 1 aromatic heterocycles. The Morgan fingerprint density at radius 3 is 2.41 bits per heavy atom. The van der Waals surface area contributed by atoms with Crippen LogP contribution in [-0.4, -0.2) is 10.1 Å². The number of aromatic nitrogens is 2. The van der Waals surface area contributed by atoms with Crippen LogP contribution in [-0.2, 0) is 13.2 Å². The molecule has 0 atom stereocenters. The van der Waals surface area contributed by atoms with E-state index in [1.54, 1.807) is 12.1 Å². The molecule has 146 valence electrons. The molecule has 0 aliphatic rings. The molecule has 4 rings (SSSR count). The van der Waals surface area contributed by atoms with E-state index in [1.165, 1.54) is 12.1 Å². The predicted octanol–water partition coefficient (Wildman–Crippen LogP) is 4.57. The Morgan fingerprint density at radius 2 is 1.66 bits per heavy atom. The lowest BCUT2D eigenvalue weighted by atomic mass is 10.1. The van der Waals surface area contributed by atoms with Crippen LogP contribution in [0.4, 0.5) is 10.1 Å². The van der Waals surface area contributed by atoms with Gasteiger partial charge in [-0.05, 0) is 42.0 Å². The van der Waals surface area contributed by atoms with Crippen LogP contribution in [0.3, 0.4) is 0 Å². The number of nitrogens with zero attached hydrogens (tertiary/aromatic N) is 2. The maximum Gasteiger partial charge on any atom is 0.264 e. The number of rotatable bonds is 8. The smallest absolute Gasteiger partial charge is 0.264 e. The minimum absolute atomic E-state index is 0.117. The summed E-state index contributed by atoms with van der Waals surface area (Å²) in [4.78, 5) is 4.34. The predicted molar refractivity (Wildman–Crippen MR) is 107 cm³/mol. The van der Waals surface area contributed by atoms with Crippen molar-refractivity contribution in [2.24, 2.45) is 0 Å². The van der Waals surface area contributed by atoms with E-state index in [2.05, 4.69) is 21.0 Å². The Labute approximate surface area is 167 Å². The normalized spacial score (nSPS) is 10.7. The highest BCUT2D eigenvalue weighted by Gasteiger charge is 2.09. The monoisotopic (exact) mass is 390 g/mol. The summed E-state index contributed by atoms with van der Waals surface area (Å²) in [5.41, 5.74) is 9.29. The molecule has 0 spiro atoms. The van der Waals surface area contributed by atoms with E-state index in [-0.39, 0.29) is 12.4 Å². The summed E-state index contributed by atoms with van der Waals surface area (Å²) in [6.45, 7) is 0.782. The lowest BCUT2D eigenvalue weighted by molar-refractivity contribution is 0.242. The van der Waals surface area contributed by atoms with Crippen molar-refractivity contribution in [2.75, 3.05) is 5.43 Å². The number of anilines is 1. The largest absolute Gasteiger partial charge is 0.484 e. The molecule has 0 fully saturated rings. The molecule has 0 saturated heterocycles. The van der Waals surface area contributed by atoms with Gasteiger partial charge in [-0.3, -0.25) is 0 Å². The van der Waals surface area contributed by atoms with Crippen molar-refractivity contribution in [2.45, 2.75) is 13.2 Å². The highest BCUT2D eigenvalue weighted by atomic mass is 19.1. The van der Waals surface area contributed by atoms with E-state index in [9.17, 15) is 4.39 Å². The zero-order chi connectivity index (χ0) is 19.9. The standard InChI is InChI=1S/C22H19FN4O2/c23-18-10-12-20(13-11-18)28-15-21-25-22(27-29-21)17-8-6-16(7-9-17)14-24-26-19-4-2-1-3-5-19/h1-13,24,26H,14-15H2. The molecular formula is C22H19FN4O2. The van der Waals surface area contributed by atoms with Crippen LogP contribution in [0, 0.1) is 5.82 Å². The van der Waals surface area contributed by atoms with E-state index in [0.717, 1.165) is 16.8 Å². The van der Waals surface area contributed by atoms with Gasteiger partial charge < -0.3 is 14.7 Å². The van der Waals surface area contributed by atoms with Gasteiger partial charge in [0.15, 0.2) is 6.61 Å². The lowest BCUT2D eigenvalue weighted by Crippen LogP contribution is -2.20. The van der Waals surface area contributed by atoms with Gasteiger partial charge in [0.2, 0.25) is 5.82 Å². The first-order valence-corrected chi connectivity index (χ1v) is 9.10. The minimum atomic E-state index is -0.313. The SMILES string of the molecule is Fc1ccc(OCc2nc(-c3ccc(CNNc4ccccc4)cc3)no2)cc1. The molecule has 0 radical (unpaired) electrons. The maximum absolute atomic E-state index is 12.9. The molecule has 29 heavy (non-hydrogen) atoms. The van der Waals surface area contributed by atoms with Gasteiger partial charge in [-0.2, -0.15) is 4.98 Å². The molecule has 2 N–H and O–H groups in total. The summed E-state index contributed by atoms with van der Waals surface area (Å²) in [6.07, 6.45) is 0. The second-order valence-electron chi connectivity index (χ2n) is 6.30. The zero-order valence-electron chi connectivity index (χ0n) is 15.5. The van der Waals surface area contributed by atoms with Crippen molar-refractivity contribution in [3.8, 4) is 17.1 Å². The van der Waals surface area contributed by atoms with Gasteiger partial charge in [-0.15, -0.1) is 0 Å². The van der Waals surface area contributed by atoms with Crippen LogP contribution in [0.1, 0.15) is 11.5 Å². The van der Waals surface area contributed by atoms with E-state index in [1.807, 2.05) is 54.6 Å². The molecule has 3 aromatic carbocycles. The number of nitrogens with one attached hydrogen (secondary N) is 2. The molecule has 1 heterocycles. The number of hydrazine groups is 1. The Hall–Kier alpha value is -3.71. The Morgan fingerprint density at radius 1 is 0.897 bits per heavy atom. The van der Waals surface area contributed by atoms with Crippen molar-refractivity contribution >= 4 is 5.69 Å². The van der Waals surface area contributed by atoms with E-state index >= 15 is 0 Å². The third-order valence-electron chi connectivity index (χ3n) is 4.16. The third-order valence-corrected chi connectivity index (χ3v) is 4.16. The minimum Gasteiger partial charge on any atom is -0.484 e. The molecule has 0 saturated carbocycles. The summed E-state index contributed by atoms with van der Waals surface area (Å²) in [5, 5.41) is 3.99. The number of ether oxygens (including phenoxy) is 1. The molecule has 0 unspecified atom stereocenters. The molecular weight excluding hydrogens is 371 g/mol. The highest BCUT2D eigenvalue weighted by Crippen LogP contribution is 2.18. The average Bonchev–Trinajstić information content (AvgIpc) is 3.24. The Balaban J connectivity index is 1.30. The van der Waals surface area contributed by atoms with E-state index in [4.69, 9.17) is 9.26 Å². The Bertz CT molecular complexity index is 1030. The van der Waals surface area contributed by atoms with Crippen molar-refractivity contribution in [3.05, 3.63) is 96.1 Å². The molecule has 0 aliphatic heterocycles. The van der Waals surface area contributed by atoms with Crippen molar-refractivity contribution in [3.63, 3.8) is 0 Å². The number of benzene rings is 3. The van der Waals surface area contributed by atoms with Crippen LogP contribution in [0.2, 0.25) is 0 Å². The second kappa shape index (κ2) is 8.99. The van der Waals surface area contributed by atoms with Crippen molar-refractivity contribution in [1.82, 2.24) is 15.6 Å². The summed E-state index contributed by atoms with van der Waals surface area (Å²) >= 11 is 0. The quantitative estimate of drug-likeness (QED) is 0.430. The van der Waals surface area contributed by atoms with Crippen LogP contribution in [0.15, 0.2) is 83.4 Å². The molecule has 6 nitrogen and oxygen atoms in total. The molecule has 0 bridgehead atoms. The summed E-state index contributed by atoms with van der Waals surface area (Å²) in [7, 11) is 0. The van der Waals surface area contributed by atoms with Crippen molar-refractivity contribution in [1.29, 1.82) is 0 Å². The van der Waals surface area contributed by atoms with Crippen LogP contribution >= 0.6 is 0 Å². The highest BCUT2D eigenvalue weighted by molar-refractivity contribution is 5.54. The van der Waals surface area contributed by atoms with Crippen LogP contribution in [0.25, 0.3) is 11.4 Å². The third kappa shape index (κ3) is 5.18. The zero-order valence-corrected chi connectivity index (χ0v) is 15.5. The van der Waals surface area contributed by atoms with Gasteiger partial charge >= 0.3 is 0 Å². The number of para-hydroxylation sites is 1. The number of hydrogen-bond donors (Lipinski definition) is 2. The van der Waals surface area contributed by atoms with Gasteiger partial charge in [0.1, 0.15) is 11.6 Å². The Kier molecular flexibility index (Phi) is 5.78. The second-order valence-corrected chi connectivity index (χ2v) is 6.30. The van der Waals surface area contributed by atoms with Gasteiger partial charge in [0, 0.05) is 17.8 Å². The van der Waals surface area contributed by atoms with E-state index < -0.39 is 0 Å². The lowest BCUT2D eigenvalue weighted by Gasteiger charge is -2.08. The molecule has 0 aliphatic carbocycles. The van der Waals surface area contributed by atoms with Gasteiger partial charge in [-0.1, -0.05) is 47.6 Å². The van der Waals surface area contributed by atoms with Crippen LogP contribution < -0.4 is 15.6 Å².